The third kappa shape index (κ3) is 4.11. The Hall–Kier alpha value is -4.33. The Labute approximate surface area is 182 Å². The summed E-state index contributed by atoms with van der Waals surface area (Å²) < 4.78 is 23.3. The van der Waals surface area contributed by atoms with Gasteiger partial charge in [0, 0.05) is 22.7 Å². The molecule has 0 fully saturated rings. The first-order valence-corrected chi connectivity index (χ1v) is 9.60. The van der Waals surface area contributed by atoms with Crippen LogP contribution in [0.25, 0.3) is 10.9 Å². The fourth-order valence-electron chi connectivity index (χ4n) is 3.19. The zero-order valence-corrected chi connectivity index (χ0v) is 17.3. The van der Waals surface area contributed by atoms with Crippen molar-refractivity contribution in [2.75, 3.05) is 19.5 Å². The molecule has 0 spiro atoms. The summed E-state index contributed by atoms with van der Waals surface area (Å²) in [4.78, 5) is 33.6. The van der Waals surface area contributed by atoms with Crippen molar-refractivity contribution in [1.29, 1.82) is 0 Å². The largest absolute Gasteiger partial charge is 0.496 e. The number of para-hydroxylation sites is 1. The monoisotopic (exact) mass is 431 g/mol. The summed E-state index contributed by atoms with van der Waals surface area (Å²) in [5.74, 6) is -0.703. The molecule has 0 bridgehead atoms. The molecule has 160 valence electrons. The number of fused-ring (bicyclic) bond motifs is 1. The number of esters is 1. The zero-order valence-electron chi connectivity index (χ0n) is 17.3. The second kappa shape index (κ2) is 8.81. The van der Waals surface area contributed by atoms with Crippen molar-refractivity contribution < 1.29 is 23.5 Å². The van der Waals surface area contributed by atoms with Gasteiger partial charge in [0.1, 0.15) is 22.9 Å². The van der Waals surface area contributed by atoms with E-state index in [0.717, 1.165) is 0 Å². The number of nitrogens with one attached hydrogen (secondary N) is 1. The van der Waals surface area contributed by atoms with E-state index < -0.39 is 17.6 Å². The number of rotatable bonds is 6. The van der Waals surface area contributed by atoms with E-state index in [4.69, 9.17) is 9.47 Å². The van der Waals surface area contributed by atoms with Gasteiger partial charge >= 0.3 is 5.97 Å². The molecular formula is C24H18FN3O4. The van der Waals surface area contributed by atoms with Crippen molar-refractivity contribution in [2.45, 2.75) is 0 Å². The normalized spacial score (nSPS) is 10.6. The summed E-state index contributed by atoms with van der Waals surface area (Å²) in [7, 11) is 2.74. The molecule has 7 nitrogen and oxygen atoms in total. The number of carbonyl (C=O) groups excluding carboxylic acids is 2. The van der Waals surface area contributed by atoms with Crippen LogP contribution in [-0.4, -0.2) is 35.9 Å². The van der Waals surface area contributed by atoms with Gasteiger partial charge in [0.25, 0.3) is 0 Å². The highest BCUT2D eigenvalue weighted by molar-refractivity contribution is 6.08. The molecule has 1 heterocycles. The highest BCUT2D eigenvalue weighted by atomic mass is 19.1. The standard InChI is InChI=1S/C24H18FN3O4/c1-31-20-13-16(11-12-18(20)24(30)32-2)26-22-17-5-3-4-6-19(17)27-23(28-22)21(29)14-7-9-15(25)10-8-14/h3-13H,1-2H3,(H,26,27,28). The summed E-state index contributed by atoms with van der Waals surface area (Å²) >= 11 is 0. The molecular weight excluding hydrogens is 413 g/mol. The smallest absolute Gasteiger partial charge is 0.341 e. The fraction of sp³-hybridized carbons (Fsp3) is 0.0833. The number of hydrogen-bond acceptors (Lipinski definition) is 7. The first-order chi connectivity index (χ1) is 15.5. The van der Waals surface area contributed by atoms with Crippen molar-refractivity contribution in [2.24, 2.45) is 0 Å². The minimum atomic E-state index is -0.520. The Bertz CT molecular complexity index is 1320. The lowest BCUT2D eigenvalue weighted by atomic mass is 10.1. The number of benzene rings is 3. The minimum absolute atomic E-state index is 0.0315. The minimum Gasteiger partial charge on any atom is -0.496 e. The molecule has 4 aromatic rings. The lowest BCUT2D eigenvalue weighted by Gasteiger charge is -2.13. The predicted octanol–water partition coefficient (Wildman–Crippen LogP) is 4.54. The Morgan fingerprint density at radius 2 is 1.69 bits per heavy atom. The van der Waals surface area contributed by atoms with Crippen molar-refractivity contribution in [3.8, 4) is 5.75 Å². The summed E-state index contributed by atoms with van der Waals surface area (Å²) in [6.45, 7) is 0. The van der Waals surface area contributed by atoms with Crippen LogP contribution in [-0.2, 0) is 4.74 Å². The average molecular weight is 431 g/mol. The average Bonchev–Trinajstić information content (AvgIpc) is 2.83. The predicted molar refractivity (Wildman–Crippen MR) is 117 cm³/mol. The van der Waals surface area contributed by atoms with E-state index >= 15 is 0 Å². The van der Waals surface area contributed by atoms with Crippen LogP contribution in [0.1, 0.15) is 26.5 Å². The maximum Gasteiger partial charge on any atom is 0.341 e. The molecule has 0 aliphatic rings. The lowest BCUT2D eigenvalue weighted by Crippen LogP contribution is -2.10. The van der Waals surface area contributed by atoms with Crippen LogP contribution in [0, 0.1) is 5.82 Å². The second-order valence-corrected chi connectivity index (χ2v) is 6.78. The van der Waals surface area contributed by atoms with E-state index in [2.05, 4.69) is 15.3 Å². The van der Waals surface area contributed by atoms with Gasteiger partial charge in [-0.05, 0) is 48.5 Å². The molecule has 0 amide bonds. The van der Waals surface area contributed by atoms with Crippen LogP contribution in [0.3, 0.4) is 0 Å². The Balaban J connectivity index is 1.76. The molecule has 0 atom stereocenters. The topological polar surface area (TPSA) is 90.4 Å². The van der Waals surface area contributed by atoms with Gasteiger partial charge < -0.3 is 14.8 Å². The molecule has 32 heavy (non-hydrogen) atoms. The zero-order chi connectivity index (χ0) is 22.7. The number of methoxy groups -OCH3 is 2. The molecule has 0 saturated carbocycles. The highest BCUT2D eigenvalue weighted by Gasteiger charge is 2.18. The van der Waals surface area contributed by atoms with Crippen LogP contribution in [0.4, 0.5) is 15.9 Å². The van der Waals surface area contributed by atoms with Crippen LogP contribution in [0.5, 0.6) is 5.75 Å². The molecule has 0 aliphatic carbocycles. The first-order valence-electron chi connectivity index (χ1n) is 9.60. The number of ketones is 1. The Kier molecular flexibility index (Phi) is 5.76. The number of nitrogens with zero attached hydrogens (tertiary/aromatic N) is 2. The fourth-order valence-corrected chi connectivity index (χ4v) is 3.19. The number of aromatic nitrogens is 2. The van der Waals surface area contributed by atoms with E-state index in [9.17, 15) is 14.0 Å². The van der Waals surface area contributed by atoms with Crippen molar-refractivity contribution in [3.05, 3.63) is 89.5 Å². The summed E-state index contributed by atoms with van der Waals surface area (Å²) in [5, 5.41) is 3.86. The van der Waals surface area contributed by atoms with E-state index in [0.29, 0.717) is 28.2 Å². The molecule has 3 aromatic carbocycles. The summed E-state index contributed by atoms with van der Waals surface area (Å²) in [6, 6.07) is 17.3. The maximum absolute atomic E-state index is 13.2. The Morgan fingerprint density at radius 1 is 0.938 bits per heavy atom. The van der Waals surface area contributed by atoms with Gasteiger partial charge in [0.2, 0.25) is 11.6 Å². The number of halogens is 1. The molecule has 4 rings (SSSR count). The van der Waals surface area contributed by atoms with E-state index in [-0.39, 0.29) is 17.0 Å². The van der Waals surface area contributed by atoms with Crippen LogP contribution in [0.2, 0.25) is 0 Å². The molecule has 1 N–H and O–H groups in total. The van der Waals surface area contributed by atoms with E-state index in [1.807, 2.05) is 12.1 Å². The van der Waals surface area contributed by atoms with Crippen LogP contribution < -0.4 is 10.1 Å². The van der Waals surface area contributed by atoms with Gasteiger partial charge in [-0.25, -0.2) is 19.2 Å². The van der Waals surface area contributed by atoms with Gasteiger partial charge in [-0.1, -0.05) is 12.1 Å². The molecule has 8 heteroatoms. The third-order valence-electron chi connectivity index (χ3n) is 4.78. The molecule has 0 aliphatic heterocycles. The molecule has 0 saturated heterocycles. The van der Waals surface area contributed by atoms with Gasteiger partial charge in [-0.3, -0.25) is 4.79 Å². The van der Waals surface area contributed by atoms with Crippen molar-refractivity contribution in [1.82, 2.24) is 9.97 Å². The number of anilines is 2. The molecule has 0 radical (unpaired) electrons. The Morgan fingerprint density at radius 3 is 2.41 bits per heavy atom. The van der Waals surface area contributed by atoms with Crippen LogP contribution in [0.15, 0.2) is 66.7 Å². The highest BCUT2D eigenvalue weighted by Crippen LogP contribution is 2.29. The summed E-state index contributed by atoms with van der Waals surface area (Å²) in [6.07, 6.45) is 0. The number of carbonyl (C=O) groups is 2. The van der Waals surface area contributed by atoms with Crippen LogP contribution >= 0.6 is 0 Å². The lowest BCUT2D eigenvalue weighted by molar-refractivity contribution is 0.0597. The van der Waals surface area contributed by atoms with Crippen molar-refractivity contribution in [3.63, 3.8) is 0 Å². The first kappa shape index (κ1) is 20.9. The number of ether oxygens (including phenoxy) is 2. The van der Waals surface area contributed by atoms with E-state index in [1.54, 1.807) is 30.3 Å². The van der Waals surface area contributed by atoms with E-state index in [1.165, 1.54) is 38.5 Å². The molecule has 1 aromatic heterocycles. The van der Waals surface area contributed by atoms with Crippen molar-refractivity contribution >= 4 is 34.2 Å². The maximum atomic E-state index is 13.2. The van der Waals surface area contributed by atoms with Gasteiger partial charge in [0.05, 0.1) is 19.7 Å². The quantitative estimate of drug-likeness (QED) is 0.354. The van der Waals surface area contributed by atoms with Gasteiger partial charge in [-0.15, -0.1) is 0 Å². The number of hydrogen-bond donors (Lipinski definition) is 1. The van der Waals surface area contributed by atoms with Gasteiger partial charge in [-0.2, -0.15) is 0 Å². The second-order valence-electron chi connectivity index (χ2n) is 6.78. The van der Waals surface area contributed by atoms with Gasteiger partial charge in [0.15, 0.2) is 0 Å². The summed E-state index contributed by atoms with van der Waals surface area (Å²) in [5.41, 5.74) is 1.70. The molecule has 0 unspecified atom stereocenters. The third-order valence-corrected chi connectivity index (χ3v) is 4.78. The SMILES string of the molecule is COC(=O)c1ccc(Nc2nc(C(=O)c3ccc(F)cc3)nc3ccccc23)cc1OC.